The lowest BCUT2D eigenvalue weighted by Gasteiger charge is -2.07. The molecule has 2 aromatic rings. The van der Waals surface area contributed by atoms with Crippen molar-refractivity contribution in [3.05, 3.63) is 68.8 Å². The lowest BCUT2D eigenvalue weighted by molar-refractivity contribution is -0.394. The number of nitro benzene ring substituents is 2. The maximum atomic E-state index is 11.8. The number of anilines is 2. The highest BCUT2D eigenvalue weighted by Gasteiger charge is 2.17. The molecule has 0 spiro atoms. The van der Waals surface area contributed by atoms with Crippen molar-refractivity contribution in [2.24, 2.45) is 0 Å². The Balaban J connectivity index is 2.19. The molecular formula is C13H10N4O5. The van der Waals surface area contributed by atoms with Crippen molar-refractivity contribution in [2.75, 3.05) is 10.6 Å². The second-order valence-corrected chi connectivity index (χ2v) is 4.20. The van der Waals surface area contributed by atoms with Crippen LogP contribution in [-0.2, 0) is 0 Å². The maximum Gasteiger partial charge on any atom is 0.323 e. The fourth-order valence-electron chi connectivity index (χ4n) is 1.69. The van der Waals surface area contributed by atoms with Crippen molar-refractivity contribution in [1.82, 2.24) is 0 Å². The molecule has 0 bridgehead atoms. The van der Waals surface area contributed by atoms with E-state index in [-0.39, 0.29) is 5.69 Å². The number of rotatable bonds is 4. The van der Waals surface area contributed by atoms with Gasteiger partial charge in [-0.1, -0.05) is 18.2 Å². The van der Waals surface area contributed by atoms with Gasteiger partial charge in [-0.2, -0.15) is 0 Å². The minimum Gasteiger partial charge on any atom is -0.308 e. The maximum absolute atomic E-state index is 11.8. The van der Waals surface area contributed by atoms with Crippen LogP contribution in [0.5, 0.6) is 0 Å². The van der Waals surface area contributed by atoms with Crippen molar-refractivity contribution in [2.45, 2.75) is 0 Å². The van der Waals surface area contributed by atoms with Crippen LogP contribution in [0.2, 0.25) is 0 Å². The SMILES string of the molecule is O=C(Nc1ccccc1)Nc1cc([N+](=O)[O-])cc([N+](=O)[O-])c1. The van der Waals surface area contributed by atoms with Gasteiger partial charge in [-0.3, -0.25) is 20.2 Å². The molecular weight excluding hydrogens is 292 g/mol. The summed E-state index contributed by atoms with van der Waals surface area (Å²) in [6, 6.07) is 10.7. The molecule has 2 rings (SSSR count). The molecule has 2 N–H and O–H groups in total. The molecule has 0 aliphatic rings. The standard InChI is InChI=1S/C13H10N4O5/c18-13(14-9-4-2-1-3-5-9)15-10-6-11(16(19)20)8-12(7-10)17(21)22/h1-8H,(H2,14,15,18). The number of hydrogen-bond acceptors (Lipinski definition) is 5. The molecule has 0 atom stereocenters. The first-order chi connectivity index (χ1) is 10.5. The number of benzene rings is 2. The average Bonchev–Trinajstić information content (AvgIpc) is 2.47. The number of non-ortho nitro benzene ring substituents is 2. The highest BCUT2D eigenvalue weighted by Crippen LogP contribution is 2.25. The second-order valence-electron chi connectivity index (χ2n) is 4.20. The summed E-state index contributed by atoms with van der Waals surface area (Å²) in [7, 11) is 0. The summed E-state index contributed by atoms with van der Waals surface area (Å²) in [5, 5.41) is 26.3. The topological polar surface area (TPSA) is 127 Å². The molecule has 0 aromatic heterocycles. The van der Waals surface area contributed by atoms with E-state index in [9.17, 15) is 25.0 Å². The van der Waals surface area contributed by atoms with Crippen LogP contribution >= 0.6 is 0 Å². The van der Waals surface area contributed by atoms with Gasteiger partial charge < -0.3 is 10.6 Å². The molecule has 9 nitrogen and oxygen atoms in total. The minimum atomic E-state index is -0.771. The summed E-state index contributed by atoms with van der Waals surface area (Å²) < 4.78 is 0. The highest BCUT2D eigenvalue weighted by atomic mass is 16.6. The van der Waals surface area contributed by atoms with Crippen LogP contribution in [0.3, 0.4) is 0 Å². The van der Waals surface area contributed by atoms with Gasteiger partial charge in [0, 0.05) is 17.8 Å². The molecule has 112 valence electrons. The van der Waals surface area contributed by atoms with Crippen LogP contribution < -0.4 is 10.6 Å². The first kappa shape index (κ1) is 14.9. The fourth-order valence-corrected chi connectivity index (χ4v) is 1.69. The molecule has 0 aliphatic heterocycles. The van der Waals surface area contributed by atoms with Gasteiger partial charge in [0.1, 0.15) is 0 Å². The fraction of sp³-hybridized carbons (Fsp3) is 0. The van der Waals surface area contributed by atoms with E-state index in [1.54, 1.807) is 30.3 Å². The van der Waals surface area contributed by atoms with Crippen LogP contribution in [0.25, 0.3) is 0 Å². The molecule has 2 aromatic carbocycles. The van der Waals surface area contributed by atoms with E-state index in [0.29, 0.717) is 5.69 Å². The van der Waals surface area contributed by atoms with Gasteiger partial charge in [-0.05, 0) is 12.1 Å². The first-order valence-electron chi connectivity index (χ1n) is 6.02. The zero-order valence-corrected chi connectivity index (χ0v) is 11.1. The van der Waals surface area contributed by atoms with Crippen molar-refractivity contribution < 1.29 is 14.6 Å². The summed E-state index contributed by atoms with van der Waals surface area (Å²) in [5.74, 6) is 0. The minimum absolute atomic E-state index is 0.0469. The Hall–Kier alpha value is -3.49. The number of urea groups is 1. The van der Waals surface area contributed by atoms with E-state index in [0.717, 1.165) is 18.2 Å². The molecule has 0 radical (unpaired) electrons. The summed E-state index contributed by atoms with van der Waals surface area (Å²) in [6.07, 6.45) is 0. The summed E-state index contributed by atoms with van der Waals surface area (Å²) >= 11 is 0. The van der Waals surface area contributed by atoms with Gasteiger partial charge in [-0.25, -0.2) is 4.79 Å². The molecule has 0 heterocycles. The van der Waals surface area contributed by atoms with Crippen molar-refractivity contribution in [3.8, 4) is 0 Å². The van der Waals surface area contributed by atoms with E-state index < -0.39 is 27.3 Å². The quantitative estimate of drug-likeness (QED) is 0.662. The predicted octanol–water partition coefficient (Wildman–Crippen LogP) is 3.15. The van der Waals surface area contributed by atoms with Crippen LogP contribution in [0.4, 0.5) is 27.5 Å². The molecule has 0 aliphatic carbocycles. The second kappa shape index (κ2) is 6.31. The number of carbonyl (C=O) groups is 1. The highest BCUT2D eigenvalue weighted by molar-refractivity contribution is 6.00. The molecule has 22 heavy (non-hydrogen) atoms. The Morgan fingerprint density at radius 3 is 1.82 bits per heavy atom. The van der Waals surface area contributed by atoms with Gasteiger partial charge in [0.15, 0.2) is 0 Å². The Bertz CT molecular complexity index is 700. The number of hydrogen-bond donors (Lipinski definition) is 2. The van der Waals surface area contributed by atoms with Gasteiger partial charge in [0.25, 0.3) is 11.4 Å². The molecule has 0 unspecified atom stereocenters. The number of nitrogens with one attached hydrogen (secondary N) is 2. The van der Waals surface area contributed by atoms with E-state index in [4.69, 9.17) is 0 Å². The first-order valence-corrected chi connectivity index (χ1v) is 6.02. The number of nitrogens with zero attached hydrogens (tertiary/aromatic N) is 2. The Morgan fingerprint density at radius 2 is 1.32 bits per heavy atom. The third-order valence-corrected chi connectivity index (χ3v) is 2.61. The molecule has 0 saturated heterocycles. The van der Waals surface area contributed by atoms with E-state index in [1.165, 1.54) is 0 Å². The number of carbonyl (C=O) groups excluding carboxylic acids is 1. The lowest BCUT2D eigenvalue weighted by atomic mass is 10.2. The summed E-state index contributed by atoms with van der Waals surface area (Å²) in [6.45, 7) is 0. The summed E-state index contributed by atoms with van der Waals surface area (Å²) in [4.78, 5) is 31.8. The Kier molecular flexibility index (Phi) is 4.27. The van der Waals surface area contributed by atoms with Gasteiger partial charge in [0.05, 0.1) is 21.6 Å². The van der Waals surface area contributed by atoms with Crippen molar-refractivity contribution in [3.63, 3.8) is 0 Å². The molecule has 2 amide bonds. The monoisotopic (exact) mass is 302 g/mol. The van der Waals surface area contributed by atoms with E-state index in [1.807, 2.05) is 0 Å². The smallest absolute Gasteiger partial charge is 0.308 e. The zero-order chi connectivity index (χ0) is 16.1. The third kappa shape index (κ3) is 3.76. The number of para-hydroxylation sites is 1. The molecule has 0 fully saturated rings. The van der Waals surface area contributed by atoms with Gasteiger partial charge in [-0.15, -0.1) is 0 Å². The lowest BCUT2D eigenvalue weighted by Crippen LogP contribution is -2.19. The zero-order valence-electron chi connectivity index (χ0n) is 11.1. The average molecular weight is 302 g/mol. The summed E-state index contributed by atoms with van der Waals surface area (Å²) in [5.41, 5.74) is -0.498. The van der Waals surface area contributed by atoms with Gasteiger partial charge >= 0.3 is 6.03 Å². The van der Waals surface area contributed by atoms with Crippen LogP contribution in [0, 0.1) is 20.2 Å². The largest absolute Gasteiger partial charge is 0.323 e. The van der Waals surface area contributed by atoms with Crippen LogP contribution in [0.15, 0.2) is 48.5 Å². The number of nitro groups is 2. The normalized spacial score (nSPS) is 9.82. The van der Waals surface area contributed by atoms with E-state index >= 15 is 0 Å². The van der Waals surface area contributed by atoms with Crippen LogP contribution in [-0.4, -0.2) is 15.9 Å². The molecule has 0 saturated carbocycles. The molecule has 9 heteroatoms. The predicted molar refractivity (Wildman–Crippen MR) is 78.8 cm³/mol. The van der Waals surface area contributed by atoms with Crippen LogP contribution in [0.1, 0.15) is 0 Å². The third-order valence-electron chi connectivity index (χ3n) is 2.61. The Labute approximate surface area is 123 Å². The van der Waals surface area contributed by atoms with Gasteiger partial charge in [0.2, 0.25) is 0 Å². The Morgan fingerprint density at radius 1 is 0.818 bits per heavy atom. The van der Waals surface area contributed by atoms with Crippen molar-refractivity contribution in [1.29, 1.82) is 0 Å². The van der Waals surface area contributed by atoms with E-state index in [2.05, 4.69) is 10.6 Å². The van der Waals surface area contributed by atoms with Crippen molar-refractivity contribution >= 4 is 28.8 Å². The number of amides is 2.